The Hall–Kier alpha value is -4.22. The van der Waals surface area contributed by atoms with Gasteiger partial charge in [-0.25, -0.2) is 4.39 Å². The predicted octanol–water partition coefficient (Wildman–Crippen LogP) is 5.56. The molecule has 0 radical (unpaired) electrons. The molecule has 0 bridgehead atoms. The number of anilines is 3. The Morgan fingerprint density at radius 2 is 1.50 bits per heavy atom. The number of thiocarbonyl (C=S) groups is 1. The molecule has 3 aromatic carbocycles. The first kappa shape index (κ1) is 33.2. The maximum atomic E-state index is 13.9. The normalized spacial score (nSPS) is 17.0. The molecule has 46 heavy (non-hydrogen) atoms. The zero-order valence-corrected chi connectivity index (χ0v) is 27.3. The van der Waals surface area contributed by atoms with E-state index < -0.39 is 6.04 Å². The van der Waals surface area contributed by atoms with Crippen molar-refractivity contribution in [3.05, 3.63) is 78.6 Å². The van der Waals surface area contributed by atoms with Crippen molar-refractivity contribution in [1.82, 2.24) is 9.80 Å². The van der Waals surface area contributed by atoms with Gasteiger partial charge in [0.1, 0.15) is 23.4 Å². The van der Waals surface area contributed by atoms with E-state index in [2.05, 4.69) is 15.1 Å². The summed E-state index contributed by atoms with van der Waals surface area (Å²) in [6.07, 6.45) is 1.66. The Kier molecular flexibility index (Phi) is 11.4. The number of piperazine rings is 1. The quantitative estimate of drug-likeness (QED) is 0.228. The van der Waals surface area contributed by atoms with Crippen LogP contribution in [0, 0.1) is 5.82 Å². The summed E-state index contributed by atoms with van der Waals surface area (Å²) < 4.78 is 24.6. The molecule has 0 saturated carbocycles. The van der Waals surface area contributed by atoms with Crippen LogP contribution < -0.4 is 24.6 Å². The minimum absolute atomic E-state index is 0.0308. The third-order valence-corrected chi connectivity index (χ3v) is 8.57. The van der Waals surface area contributed by atoms with Crippen LogP contribution in [0.1, 0.15) is 33.1 Å². The van der Waals surface area contributed by atoms with Crippen LogP contribution in [0.25, 0.3) is 0 Å². The highest BCUT2D eigenvalue weighted by molar-refractivity contribution is 7.80. The van der Waals surface area contributed by atoms with E-state index >= 15 is 0 Å². The van der Waals surface area contributed by atoms with Crippen molar-refractivity contribution in [1.29, 1.82) is 0 Å². The van der Waals surface area contributed by atoms with Crippen molar-refractivity contribution in [2.75, 3.05) is 67.6 Å². The van der Waals surface area contributed by atoms with Crippen LogP contribution >= 0.6 is 12.2 Å². The SMILES string of the molecule is CCCOc1ccc(NC(=O)CC2C(=O)N(c3ccc(OCC)cc3)C(=S)N2CCCN2CCN(c3ccc(F)cc3)CC2)cc1. The summed E-state index contributed by atoms with van der Waals surface area (Å²) in [6, 6.07) is 20.4. The van der Waals surface area contributed by atoms with Crippen LogP contribution in [0.4, 0.5) is 21.5 Å². The van der Waals surface area contributed by atoms with E-state index in [9.17, 15) is 14.0 Å². The highest BCUT2D eigenvalue weighted by atomic mass is 32.1. The number of carbonyl (C=O) groups excluding carboxylic acids is 2. The molecule has 2 heterocycles. The van der Waals surface area contributed by atoms with Gasteiger partial charge in [-0.1, -0.05) is 6.92 Å². The molecule has 3 aromatic rings. The number of hydrogen-bond donors (Lipinski definition) is 1. The van der Waals surface area contributed by atoms with Crippen LogP contribution in [0.15, 0.2) is 72.8 Å². The average Bonchev–Trinajstić information content (AvgIpc) is 3.29. The lowest BCUT2D eigenvalue weighted by atomic mass is 10.1. The first-order valence-corrected chi connectivity index (χ1v) is 16.4. The fourth-order valence-electron chi connectivity index (χ4n) is 5.77. The van der Waals surface area contributed by atoms with Gasteiger partial charge in [0, 0.05) is 44.1 Å². The number of carbonyl (C=O) groups is 2. The number of amides is 2. The van der Waals surface area contributed by atoms with Gasteiger partial charge in [-0.3, -0.25) is 19.4 Å². The summed E-state index contributed by atoms with van der Waals surface area (Å²) in [5, 5.41) is 3.32. The van der Waals surface area contributed by atoms with Crippen LogP contribution in [-0.2, 0) is 9.59 Å². The predicted molar refractivity (Wildman–Crippen MR) is 183 cm³/mol. The van der Waals surface area contributed by atoms with Gasteiger partial charge in [0.2, 0.25) is 5.91 Å². The fourth-order valence-corrected chi connectivity index (χ4v) is 6.19. The highest BCUT2D eigenvalue weighted by Gasteiger charge is 2.44. The molecular formula is C35H42FN5O4S. The first-order valence-electron chi connectivity index (χ1n) is 16.0. The van der Waals surface area contributed by atoms with E-state index in [4.69, 9.17) is 21.7 Å². The number of nitrogens with one attached hydrogen (secondary N) is 1. The molecule has 9 nitrogen and oxygen atoms in total. The zero-order valence-electron chi connectivity index (χ0n) is 26.5. The number of benzene rings is 3. The second-order valence-corrected chi connectivity index (χ2v) is 11.7. The fraction of sp³-hybridized carbons (Fsp3) is 0.400. The van der Waals surface area contributed by atoms with E-state index in [1.165, 1.54) is 17.0 Å². The van der Waals surface area contributed by atoms with Crippen LogP contribution in [0.2, 0.25) is 0 Å². The monoisotopic (exact) mass is 647 g/mol. The second-order valence-electron chi connectivity index (χ2n) is 11.4. The summed E-state index contributed by atoms with van der Waals surface area (Å²) in [4.78, 5) is 35.2. The van der Waals surface area contributed by atoms with E-state index in [-0.39, 0.29) is 24.1 Å². The first-order chi connectivity index (χ1) is 22.4. The molecule has 1 unspecified atom stereocenters. The third-order valence-electron chi connectivity index (χ3n) is 8.15. The van der Waals surface area contributed by atoms with E-state index in [1.807, 2.05) is 67.3 Å². The molecule has 0 aromatic heterocycles. The molecule has 1 N–H and O–H groups in total. The molecule has 5 rings (SSSR count). The summed E-state index contributed by atoms with van der Waals surface area (Å²) in [7, 11) is 0. The topological polar surface area (TPSA) is 77.6 Å². The Labute approximate surface area is 275 Å². The van der Waals surface area contributed by atoms with Gasteiger partial charge in [-0.05, 0) is 111 Å². The summed E-state index contributed by atoms with van der Waals surface area (Å²) in [5.41, 5.74) is 2.31. The molecule has 2 amide bonds. The van der Waals surface area contributed by atoms with Gasteiger partial charge in [0.15, 0.2) is 5.11 Å². The van der Waals surface area contributed by atoms with Gasteiger partial charge < -0.3 is 24.6 Å². The van der Waals surface area contributed by atoms with E-state index in [1.54, 1.807) is 12.1 Å². The Balaban J connectivity index is 1.22. The summed E-state index contributed by atoms with van der Waals surface area (Å²) in [6.45, 7) is 9.97. The molecule has 2 saturated heterocycles. The number of halogens is 1. The van der Waals surface area contributed by atoms with Crippen molar-refractivity contribution < 1.29 is 23.5 Å². The lowest BCUT2D eigenvalue weighted by molar-refractivity contribution is -0.124. The summed E-state index contributed by atoms with van der Waals surface area (Å²) in [5.74, 6) is 0.732. The molecule has 2 fully saturated rings. The Morgan fingerprint density at radius 3 is 2.15 bits per heavy atom. The van der Waals surface area contributed by atoms with Crippen molar-refractivity contribution in [3.63, 3.8) is 0 Å². The molecule has 2 aliphatic rings. The van der Waals surface area contributed by atoms with Gasteiger partial charge in [0.05, 0.1) is 25.3 Å². The number of ether oxygens (including phenoxy) is 2. The Morgan fingerprint density at radius 1 is 0.870 bits per heavy atom. The lowest BCUT2D eigenvalue weighted by Crippen LogP contribution is -2.47. The molecule has 0 spiro atoms. The van der Waals surface area contributed by atoms with Crippen molar-refractivity contribution in [3.8, 4) is 11.5 Å². The summed E-state index contributed by atoms with van der Waals surface area (Å²) >= 11 is 5.87. The number of rotatable bonds is 14. The number of nitrogens with zero attached hydrogens (tertiary/aromatic N) is 4. The van der Waals surface area contributed by atoms with Gasteiger partial charge in [-0.15, -0.1) is 0 Å². The number of hydrogen-bond acceptors (Lipinski definition) is 7. The third kappa shape index (κ3) is 8.32. The molecule has 0 aliphatic carbocycles. The van der Waals surface area contributed by atoms with E-state index in [0.717, 1.165) is 57.0 Å². The van der Waals surface area contributed by atoms with Crippen LogP contribution in [0.3, 0.4) is 0 Å². The molecule has 2 aliphatic heterocycles. The highest BCUT2D eigenvalue weighted by Crippen LogP contribution is 2.29. The van der Waals surface area contributed by atoms with Gasteiger partial charge in [-0.2, -0.15) is 0 Å². The zero-order chi connectivity index (χ0) is 32.5. The average molecular weight is 648 g/mol. The molecule has 1 atom stereocenters. The molecule has 244 valence electrons. The minimum Gasteiger partial charge on any atom is -0.494 e. The van der Waals surface area contributed by atoms with Crippen LogP contribution in [-0.4, -0.2) is 85.3 Å². The second kappa shape index (κ2) is 15.9. The standard InChI is InChI=1S/C35H42FN5O4S/c1-3-24-45-31-14-8-27(9-15-31)37-33(42)25-32-34(43)41(29-12-16-30(17-13-29)44-4-2)35(46)40(32)19-5-18-38-20-22-39(23-21-38)28-10-6-26(36)7-11-28/h6-17,32H,3-5,18-25H2,1-2H3,(H,37,42). The minimum atomic E-state index is -0.721. The van der Waals surface area contributed by atoms with Crippen molar-refractivity contribution >= 4 is 46.2 Å². The van der Waals surface area contributed by atoms with Crippen molar-refractivity contribution in [2.24, 2.45) is 0 Å². The van der Waals surface area contributed by atoms with Crippen LogP contribution in [0.5, 0.6) is 11.5 Å². The lowest BCUT2D eigenvalue weighted by Gasteiger charge is -2.36. The smallest absolute Gasteiger partial charge is 0.256 e. The van der Waals surface area contributed by atoms with Gasteiger partial charge >= 0.3 is 0 Å². The van der Waals surface area contributed by atoms with Crippen molar-refractivity contribution in [2.45, 2.75) is 39.2 Å². The molecular weight excluding hydrogens is 605 g/mol. The molecule has 11 heteroatoms. The maximum absolute atomic E-state index is 13.9. The van der Waals surface area contributed by atoms with Gasteiger partial charge in [0.25, 0.3) is 5.91 Å². The largest absolute Gasteiger partial charge is 0.494 e. The van der Waals surface area contributed by atoms with E-state index in [0.29, 0.717) is 42.0 Å². The Bertz CT molecular complexity index is 1460. The maximum Gasteiger partial charge on any atom is 0.256 e.